The van der Waals surface area contributed by atoms with Crippen molar-refractivity contribution in [2.45, 2.75) is 25.6 Å². The van der Waals surface area contributed by atoms with E-state index in [0.717, 1.165) is 5.56 Å². The second kappa shape index (κ2) is 8.62. The van der Waals surface area contributed by atoms with Crippen molar-refractivity contribution in [3.05, 3.63) is 65.5 Å². The van der Waals surface area contributed by atoms with Crippen molar-refractivity contribution >= 4 is 5.97 Å². The van der Waals surface area contributed by atoms with Crippen LogP contribution in [0, 0.1) is 5.82 Å². The fraction of sp³-hybridized carbons (Fsp3) is 0.278. The van der Waals surface area contributed by atoms with Crippen LogP contribution < -0.4 is 4.74 Å². The summed E-state index contributed by atoms with van der Waals surface area (Å²) in [5.74, 6) is -0.762. The Hall–Kier alpha value is -2.41. The van der Waals surface area contributed by atoms with Crippen molar-refractivity contribution in [3.63, 3.8) is 0 Å². The molecule has 3 nitrogen and oxygen atoms in total. The third-order valence-electron chi connectivity index (χ3n) is 3.34. The molecule has 0 aromatic heterocycles. The maximum atomic E-state index is 12.8. The fourth-order valence-corrected chi connectivity index (χ4v) is 2.10. The lowest BCUT2D eigenvalue weighted by Gasteiger charge is -2.07. The molecule has 0 saturated heterocycles. The molecule has 0 bridgehead atoms. The Morgan fingerprint density at radius 1 is 0.920 bits per heavy atom. The Bertz CT molecular complexity index is 679. The molecule has 134 valence electrons. The van der Waals surface area contributed by atoms with Gasteiger partial charge in [0.05, 0.1) is 12.2 Å². The van der Waals surface area contributed by atoms with Crippen LogP contribution in [-0.2, 0) is 11.2 Å². The SMILES string of the molecule is O=C(Oc1ccc(F)cc1)c1ccc(CCCCOC(F)(F)F)cc1. The zero-order valence-electron chi connectivity index (χ0n) is 13.2. The van der Waals surface area contributed by atoms with E-state index in [2.05, 4.69) is 4.74 Å². The summed E-state index contributed by atoms with van der Waals surface area (Å²) in [6.45, 7) is -0.369. The monoisotopic (exact) mass is 356 g/mol. The highest BCUT2D eigenvalue weighted by Crippen LogP contribution is 2.17. The van der Waals surface area contributed by atoms with Gasteiger partial charge in [0.1, 0.15) is 11.6 Å². The third kappa shape index (κ3) is 6.93. The molecule has 0 unspecified atom stereocenters. The molecule has 2 rings (SSSR count). The molecule has 0 saturated carbocycles. The van der Waals surface area contributed by atoms with E-state index in [-0.39, 0.29) is 18.8 Å². The third-order valence-corrected chi connectivity index (χ3v) is 3.34. The molecule has 0 aliphatic heterocycles. The highest BCUT2D eigenvalue weighted by atomic mass is 19.4. The molecule has 2 aromatic rings. The van der Waals surface area contributed by atoms with Crippen LogP contribution in [0.15, 0.2) is 48.5 Å². The van der Waals surface area contributed by atoms with Crippen LogP contribution in [0.3, 0.4) is 0 Å². The Kier molecular flexibility index (Phi) is 6.52. The number of esters is 1. The molecule has 0 fully saturated rings. The minimum absolute atomic E-state index is 0.236. The molecule has 7 heteroatoms. The summed E-state index contributed by atoms with van der Waals surface area (Å²) in [4.78, 5) is 12.0. The molecule has 0 N–H and O–H groups in total. The summed E-state index contributed by atoms with van der Waals surface area (Å²) in [6, 6.07) is 11.7. The van der Waals surface area contributed by atoms with Gasteiger partial charge in [0, 0.05) is 0 Å². The van der Waals surface area contributed by atoms with Crippen molar-refractivity contribution in [1.29, 1.82) is 0 Å². The first-order valence-electron chi connectivity index (χ1n) is 7.61. The van der Waals surface area contributed by atoms with E-state index in [1.807, 2.05) is 0 Å². The molecule has 0 heterocycles. The van der Waals surface area contributed by atoms with Gasteiger partial charge < -0.3 is 4.74 Å². The van der Waals surface area contributed by atoms with Crippen LogP contribution in [0.25, 0.3) is 0 Å². The minimum Gasteiger partial charge on any atom is -0.423 e. The molecule has 25 heavy (non-hydrogen) atoms. The van der Waals surface area contributed by atoms with Gasteiger partial charge in [-0.3, -0.25) is 4.74 Å². The van der Waals surface area contributed by atoms with E-state index >= 15 is 0 Å². The number of hydrogen-bond acceptors (Lipinski definition) is 3. The van der Waals surface area contributed by atoms with Crippen LogP contribution in [-0.4, -0.2) is 18.9 Å². The van der Waals surface area contributed by atoms with Gasteiger partial charge in [-0.25, -0.2) is 9.18 Å². The summed E-state index contributed by atoms with van der Waals surface area (Å²) in [7, 11) is 0. The van der Waals surface area contributed by atoms with Gasteiger partial charge in [0.15, 0.2) is 0 Å². The normalized spacial score (nSPS) is 11.4. The summed E-state index contributed by atoms with van der Waals surface area (Å²) in [6.07, 6.45) is -3.19. The van der Waals surface area contributed by atoms with E-state index in [1.165, 1.54) is 24.3 Å². The van der Waals surface area contributed by atoms with Crippen LogP contribution in [0.4, 0.5) is 17.6 Å². The molecule has 0 radical (unpaired) electrons. The standard InChI is InChI=1S/C18H16F4O3/c19-15-8-10-16(11-9-15)25-17(23)14-6-4-13(5-7-14)3-1-2-12-24-18(20,21)22/h4-11H,1-3,12H2. The molecule has 0 atom stereocenters. The average Bonchev–Trinajstić information content (AvgIpc) is 2.56. The van der Waals surface area contributed by atoms with E-state index < -0.39 is 18.1 Å². The molecule has 0 aliphatic rings. The van der Waals surface area contributed by atoms with Gasteiger partial charge in [-0.05, 0) is 61.2 Å². The molecule has 2 aromatic carbocycles. The predicted molar refractivity (Wildman–Crippen MR) is 82.7 cm³/mol. The number of carbonyl (C=O) groups is 1. The summed E-state index contributed by atoms with van der Waals surface area (Å²) >= 11 is 0. The predicted octanol–water partition coefficient (Wildman–Crippen LogP) is 4.90. The number of benzene rings is 2. The van der Waals surface area contributed by atoms with Gasteiger partial charge >= 0.3 is 12.3 Å². The molecular weight excluding hydrogens is 340 g/mol. The zero-order valence-corrected chi connectivity index (χ0v) is 13.2. The van der Waals surface area contributed by atoms with Crippen molar-refractivity contribution in [3.8, 4) is 5.75 Å². The van der Waals surface area contributed by atoms with Crippen molar-refractivity contribution in [2.75, 3.05) is 6.61 Å². The Labute approximate surface area is 142 Å². The second-order valence-corrected chi connectivity index (χ2v) is 5.29. The maximum Gasteiger partial charge on any atom is 0.522 e. The van der Waals surface area contributed by atoms with Crippen molar-refractivity contribution in [1.82, 2.24) is 0 Å². The molecule has 0 amide bonds. The first-order chi connectivity index (χ1) is 11.8. The van der Waals surface area contributed by atoms with E-state index in [4.69, 9.17) is 4.74 Å². The van der Waals surface area contributed by atoms with Crippen LogP contribution >= 0.6 is 0 Å². The molecule has 0 aliphatic carbocycles. The van der Waals surface area contributed by atoms with Crippen LogP contribution in [0.2, 0.25) is 0 Å². The first-order valence-corrected chi connectivity index (χ1v) is 7.61. The Morgan fingerprint density at radius 3 is 2.16 bits per heavy atom. The minimum atomic E-state index is -4.59. The summed E-state index contributed by atoms with van der Waals surface area (Å²) in [5, 5.41) is 0. The van der Waals surface area contributed by atoms with Gasteiger partial charge in [0.2, 0.25) is 0 Å². The second-order valence-electron chi connectivity index (χ2n) is 5.29. The van der Waals surface area contributed by atoms with Crippen LogP contribution in [0.5, 0.6) is 5.75 Å². The number of unbranched alkanes of at least 4 members (excludes halogenated alkanes) is 1. The van der Waals surface area contributed by atoms with Gasteiger partial charge in [0.25, 0.3) is 0 Å². The van der Waals surface area contributed by atoms with Crippen molar-refractivity contribution in [2.24, 2.45) is 0 Å². The number of ether oxygens (including phenoxy) is 2. The first kappa shape index (κ1) is 18.9. The van der Waals surface area contributed by atoms with Gasteiger partial charge in [-0.15, -0.1) is 13.2 Å². The highest BCUT2D eigenvalue weighted by Gasteiger charge is 2.28. The van der Waals surface area contributed by atoms with Crippen molar-refractivity contribution < 1.29 is 31.8 Å². The lowest BCUT2D eigenvalue weighted by Crippen LogP contribution is -2.14. The van der Waals surface area contributed by atoms with E-state index in [9.17, 15) is 22.4 Å². The van der Waals surface area contributed by atoms with Gasteiger partial charge in [-0.1, -0.05) is 12.1 Å². The topological polar surface area (TPSA) is 35.5 Å². The number of alkyl halides is 3. The smallest absolute Gasteiger partial charge is 0.423 e. The van der Waals surface area contributed by atoms with E-state index in [1.54, 1.807) is 24.3 Å². The number of rotatable bonds is 7. The molecule has 0 spiro atoms. The van der Waals surface area contributed by atoms with E-state index in [0.29, 0.717) is 18.4 Å². The highest BCUT2D eigenvalue weighted by molar-refractivity contribution is 5.91. The zero-order chi connectivity index (χ0) is 18.3. The lowest BCUT2D eigenvalue weighted by molar-refractivity contribution is -0.324. The summed E-state index contributed by atoms with van der Waals surface area (Å²) < 4.78 is 57.1. The average molecular weight is 356 g/mol. The number of halogens is 4. The van der Waals surface area contributed by atoms with Gasteiger partial charge in [-0.2, -0.15) is 0 Å². The number of aryl methyl sites for hydroxylation is 1. The lowest BCUT2D eigenvalue weighted by atomic mass is 10.1. The Morgan fingerprint density at radius 2 is 1.56 bits per heavy atom. The Balaban J connectivity index is 1.79. The number of hydrogen-bond donors (Lipinski definition) is 0. The quantitative estimate of drug-likeness (QED) is 0.306. The van der Waals surface area contributed by atoms with Crippen LogP contribution in [0.1, 0.15) is 28.8 Å². The number of carbonyl (C=O) groups excluding carboxylic acids is 1. The summed E-state index contributed by atoms with van der Waals surface area (Å²) in [5.41, 5.74) is 1.22. The fourth-order valence-electron chi connectivity index (χ4n) is 2.10. The largest absolute Gasteiger partial charge is 0.522 e. The molecular formula is C18H16F4O3. The maximum absolute atomic E-state index is 12.8.